The highest BCUT2D eigenvalue weighted by molar-refractivity contribution is 5.86. The molecule has 0 spiro atoms. The lowest BCUT2D eigenvalue weighted by atomic mass is 9.93. The zero-order valence-corrected chi connectivity index (χ0v) is 8.98. The molecule has 0 bridgehead atoms. The number of hydrogen-bond acceptors (Lipinski definition) is 1. The highest BCUT2D eigenvalue weighted by Crippen LogP contribution is 2.27. The third kappa shape index (κ3) is 2.02. The van der Waals surface area contributed by atoms with Crippen molar-refractivity contribution in [1.82, 2.24) is 0 Å². The van der Waals surface area contributed by atoms with Crippen LogP contribution in [-0.4, -0.2) is 11.7 Å². The minimum absolute atomic E-state index is 0.254. The van der Waals surface area contributed by atoms with Crippen LogP contribution in [0.25, 0.3) is 10.8 Å². The Kier molecular flexibility index (Phi) is 3.02. The molecule has 2 aromatic rings. The summed E-state index contributed by atoms with van der Waals surface area (Å²) in [4.78, 5) is 0. The second-order valence-corrected chi connectivity index (χ2v) is 3.98. The van der Waals surface area contributed by atoms with Crippen LogP contribution >= 0.6 is 0 Å². The summed E-state index contributed by atoms with van der Waals surface area (Å²) in [6, 6.07) is 14.8. The molecular weight excluding hydrogens is 184 g/mol. The molecule has 0 aliphatic carbocycles. The Hall–Kier alpha value is -1.34. The van der Waals surface area contributed by atoms with Crippen molar-refractivity contribution >= 4 is 10.8 Å². The van der Waals surface area contributed by atoms with Crippen molar-refractivity contribution in [2.45, 2.75) is 19.3 Å². The van der Waals surface area contributed by atoms with Gasteiger partial charge in [-0.1, -0.05) is 49.4 Å². The van der Waals surface area contributed by atoms with Crippen molar-refractivity contribution in [3.63, 3.8) is 0 Å². The van der Waals surface area contributed by atoms with Gasteiger partial charge in [0.05, 0.1) is 0 Å². The van der Waals surface area contributed by atoms with Gasteiger partial charge in [0.15, 0.2) is 0 Å². The fraction of sp³-hybridized carbons (Fsp3) is 0.286. The van der Waals surface area contributed by atoms with Crippen LogP contribution in [0.15, 0.2) is 42.5 Å². The molecule has 0 aliphatic rings. The maximum absolute atomic E-state index is 8.97. The fourth-order valence-electron chi connectivity index (χ4n) is 2.03. The van der Waals surface area contributed by atoms with Gasteiger partial charge in [0.2, 0.25) is 0 Å². The van der Waals surface area contributed by atoms with Crippen LogP contribution in [0.3, 0.4) is 0 Å². The van der Waals surface area contributed by atoms with Gasteiger partial charge in [0, 0.05) is 6.61 Å². The third-order valence-electron chi connectivity index (χ3n) is 2.92. The number of benzene rings is 2. The van der Waals surface area contributed by atoms with E-state index in [1.54, 1.807) is 0 Å². The van der Waals surface area contributed by atoms with Crippen molar-refractivity contribution in [2.75, 3.05) is 6.61 Å². The molecule has 1 nitrogen and oxygen atoms in total. The molecule has 2 aromatic carbocycles. The second kappa shape index (κ2) is 4.45. The van der Waals surface area contributed by atoms with Gasteiger partial charge in [0.25, 0.3) is 0 Å². The van der Waals surface area contributed by atoms with Crippen molar-refractivity contribution < 1.29 is 5.11 Å². The standard InChI is InChI=1S/C14H16O/c1-11(9-10-15)13-8-4-6-12-5-2-3-7-14(12)13/h2-8,11,15H,9-10H2,1H3. The molecule has 1 heteroatoms. The lowest BCUT2D eigenvalue weighted by molar-refractivity contribution is 0.279. The molecule has 1 atom stereocenters. The van der Waals surface area contributed by atoms with Crippen molar-refractivity contribution in [3.8, 4) is 0 Å². The predicted octanol–water partition coefficient (Wildman–Crippen LogP) is 3.33. The van der Waals surface area contributed by atoms with Gasteiger partial charge in [0.1, 0.15) is 0 Å². The van der Waals surface area contributed by atoms with E-state index in [2.05, 4.69) is 49.4 Å². The molecule has 2 rings (SSSR count). The molecule has 0 saturated heterocycles. The maximum Gasteiger partial charge on any atom is 0.0436 e. The Bertz CT molecular complexity index is 443. The van der Waals surface area contributed by atoms with Crippen LogP contribution in [0.5, 0.6) is 0 Å². The molecule has 0 radical (unpaired) electrons. The second-order valence-electron chi connectivity index (χ2n) is 3.98. The average Bonchev–Trinajstić information content (AvgIpc) is 2.28. The minimum atomic E-state index is 0.254. The Morgan fingerprint density at radius 2 is 1.80 bits per heavy atom. The summed E-state index contributed by atoms with van der Waals surface area (Å²) in [5.41, 5.74) is 1.34. The zero-order chi connectivity index (χ0) is 10.7. The molecule has 78 valence electrons. The van der Waals surface area contributed by atoms with E-state index in [4.69, 9.17) is 5.11 Å². The topological polar surface area (TPSA) is 20.2 Å². The first-order chi connectivity index (χ1) is 7.33. The first-order valence-electron chi connectivity index (χ1n) is 5.41. The van der Waals surface area contributed by atoms with Crippen LogP contribution in [-0.2, 0) is 0 Å². The first kappa shape index (κ1) is 10.2. The predicted molar refractivity (Wildman–Crippen MR) is 64.1 cm³/mol. The highest BCUT2D eigenvalue weighted by atomic mass is 16.3. The third-order valence-corrected chi connectivity index (χ3v) is 2.92. The fourth-order valence-corrected chi connectivity index (χ4v) is 2.03. The van der Waals surface area contributed by atoms with Crippen molar-refractivity contribution in [3.05, 3.63) is 48.0 Å². The molecule has 0 saturated carbocycles. The van der Waals surface area contributed by atoms with Gasteiger partial charge in [-0.2, -0.15) is 0 Å². The quantitative estimate of drug-likeness (QED) is 0.805. The summed E-state index contributed by atoms with van der Waals surface area (Å²) in [5, 5.41) is 11.6. The van der Waals surface area contributed by atoms with E-state index >= 15 is 0 Å². The van der Waals surface area contributed by atoms with Crippen molar-refractivity contribution in [1.29, 1.82) is 0 Å². The number of aliphatic hydroxyl groups is 1. The van der Waals surface area contributed by atoms with Crippen LogP contribution < -0.4 is 0 Å². The van der Waals surface area contributed by atoms with E-state index in [0.29, 0.717) is 5.92 Å². The smallest absolute Gasteiger partial charge is 0.0436 e. The number of hydrogen-bond donors (Lipinski definition) is 1. The van der Waals surface area contributed by atoms with E-state index in [1.165, 1.54) is 16.3 Å². The van der Waals surface area contributed by atoms with Crippen molar-refractivity contribution in [2.24, 2.45) is 0 Å². The molecule has 0 fully saturated rings. The zero-order valence-electron chi connectivity index (χ0n) is 8.98. The van der Waals surface area contributed by atoms with Crippen LogP contribution in [0.2, 0.25) is 0 Å². The largest absolute Gasteiger partial charge is 0.396 e. The molecule has 0 amide bonds. The van der Waals surface area contributed by atoms with Crippen LogP contribution in [0.1, 0.15) is 24.8 Å². The monoisotopic (exact) mass is 200 g/mol. The van der Waals surface area contributed by atoms with Gasteiger partial charge < -0.3 is 5.11 Å². The Morgan fingerprint density at radius 1 is 1.07 bits per heavy atom. The molecule has 0 aromatic heterocycles. The number of rotatable bonds is 3. The lowest BCUT2D eigenvalue weighted by Crippen LogP contribution is -1.97. The Balaban J connectivity index is 2.50. The number of aliphatic hydroxyl groups excluding tert-OH is 1. The summed E-state index contributed by atoms with van der Waals surface area (Å²) < 4.78 is 0. The summed E-state index contributed by atoms with van der Waals surface area (Å²) in [6.07, 6.45) is 0.827. The van der Waals surface area contributed by atoms with Gasteiger partial charge in [-0.25, -0.2) is 0 Å². The molecule has 1 N–H and O–H groups in total. The van der Waals surface area contributed by atoms with E-state index in [1.807, 2.05) is 0 Å². The summed E-state index contributed by atoms with van der Waals surface area (Å²) in [7, 11) is 0. The van der Waals surface area contributed by atoms with Gasteiger partial charge in [-0.15, -0.1) is 0 Å². The average molecular weight is 200 g/mol. The van der Waals surface area contributed by atoms with E-state index in [9.17, 15) is 0 Å². The van der Waals surface area contributed by atoms with Gasteiger partial charge in [-0.3, -0.25) is 0 Å². The molecule has 0 heterocycles. The van der Waals surface area contributed by atoms with E-state index in [-0.39, 0.29) is 6.61 Å². The lowest BCUT2D eigenvalue weighted by Gasteiger charge is -2.13. The summed E-state index contributed by atoms with van der Waals surface area (Å²) >= 11 is 0. The summed E-state index contributed by atoms with van der Waals surface area (Å²) in [6.45, 7) is 2.42. The molecule has 0 aliphatic heterocycles. The van der Waals surface area contributed by atoms with E-state index < -0.39 is 0 Å². The molecule has 15 heavy (non-hydrogen) atoms. The Labute approximate surface area is 90.4 Å². The first-order valence-corrected chi connectivity index (χ1v) is 5.41. The van der Waals surface area contributed by atoms with Gasteiger partial charge >= 0.3 is 0 Å². The SMILES string of the molecule is CC(CCO)c1cccc2ccccc12. The minimum Gasteiger partial charge on any atom is -0.396 e. The van der Waals surface area contributed by atoms with E-state index in [0.717, 1.165) is 6.42 Å². The van der Waals surface area contributed by atoms with Gasteiger partial charge in [-0.05, 0) is 28.7 Å². The number of fused-ring (bicyclic) bond motifs is 1. The molecule has 1 unspecified atom stereocenters. The Morgan fingerprint density at radius 3 is 2.60 bits per heavy atom. The summed E-state index contributed by atoms with van der Waals surface area (Å²) in [5.74, 6) is 0.418. The maximum atomic E-state index is 8.97. The molecular formula is C14H16O. The van der Waals surface area contributed by atoms with Crippen LogP contribution in [0, 0.1) is 0 Å². The van der Waals surface area contributed by atoms with Crippen LogP contribution in [0.4, 0.5) is 0 Å². The normalized spacial score (nSPS) is 12.9. The highest BCUT2D eigenvalue weighted by Gasteiger charge is 2.07.